The largest absolute Gasteiger partial charge is 0.389 e. The molecule has 1 aliphatic carbocycles. The topological polar surface area (TPSA) is 20.2 Å². The Labute approximate surface area is 107 Å². The van der Waals surface area contributed by atoms with Gasteiger partial charge in [-0.3, -0.25) is 0 Å². The van der Waals surface area contributed by atoms with Crippen LogP contribution in [0.25, 0.3) is 0 Å². The van der Waals surface area contributed by atoms with Crippen LogP contribution in [0.5, 0.6) is 0 Å². The van der Waals surface area contributed by atoms with Crippen molar-refractivity contribution in [3.63, 3.8) is 0 Å². The van der Waals surface area contributed by atoms with Crippen LogP contribution in [0.2, 0.25) is 0 Å². The fourth-order valence-electron chi connectivity index (χ4n) is 2.76. The Balaban J connectivity index is 2.89. The average molecular weight is 238 g/mol. The van der Waals surface area contributed by atoms with E-state index in [9.17, 15) is 5.11 Å². The van der Waals surface area contributed by atoms with E-state index in [1.54, 1.807) is 0 Å². The van der Waals surface area contributed by atoms with E-state index in [1.165, 1.54) is 6.42 Å². The zero-order chi connectivity index (χ0) is 13.3. The van der Waals surface area contributed by atoms with Gasteiger partial charge in [0.05, 0.1) is 6.10 Å². The highest BCUT2D eigenvalue weighted by atomic mass is 16.3. The van der Waals surface area contributed by atoms with Crippen LogP contribution in [0.3, 0.4) is 0 Å². The minimum Gasteiger partial charge on any atom is -0.389 e. The Morgan fingerprint density at radius 2 is 1.53 bits per heavy atom. The van der Waals surface area contributed by atoms with E-state index in [0.717, 1.165) is 12.8 Å². The summed E-state index contributed by atoms with van der Waals surface area (Å²) in [5.41, 5.74) is 0.574. The first-order valence-electron chi connectivity index (χ1n) is 7.11. The molecule has 0 aromatic rings. The van der Waals surface area contributed by atoms with Gasteiger partial charge in [-0.05, 0) is 29.1 Å². The van der Waals surface area contributed by atoms with E-state index in [0.29, 0.717) is 17.3 Å². The van der Waals surface area contributed by atoms with Crippen LogP contribution < -0.4 is 0 Å². The predicted octanol–water partition coefficient (Wildman–Crippen LogP) is 4.41. The van der Waals surface area contributed by atoms with Gasteiger partial charge in [0.1, 0.15) is 0 Å². The molecule has 1 rings (SSSR count). The van der Waals surface area contributed by atoms with Gasteiger partial charge in [-0.25, -0.2) is 0 Å². The molecular weight excluding hydrogens is 208 g/mol. The Bertz CT molecular complexity index is 275. The minimum absolute atomic E-state index is 0.228. The number of hydrogen-bond acceptors (Lipinski definition) is 1. The molecule has 0 heterocycles. The smallest absolute Gasteiger partial charge is 0.0754 e. The number of aliphatic hydroxyl groups excluding tert-OH is 1. The molecule has 3 unspecified atom stereocenters. The van der Waals surface area contributed by atoms with Gasteiger partial charge in [0, 0.05) is 0 Å². The van der Waals surface area contributed by atoms with Crippen LogP contribution in [-0.2, 0) is 0 Å². The summed E-state index contributed by atoms with van der Waals surface area (Å²) in [7, 11) is 0. The molecule has 0 radical (unpaired) electrons. The van der Waals surface area contributed by atoms with Crippen LogP contribution >= 0.6 is 0 Å². The summed E-state index contributed by atoms with van der Waals surface area (Å²) >= 11 is 0. The summed E-state index contributed by atoms with van der Waals surface area (Å²) in [6, 6.07) is 0. The molecule has 0 aromatic heterocycles. The molecule has 0 amide bonds. The van der Waals surface area contributed by atoms with E-state index in [-0.39, 0.29) is 11.5 Å². The summed E-state index contributed by atoms with van der Waals surface area (Å²) in [4.78, 5) is 0. The second-order valence-corrected chi connectivity index (χ2v) is 7.01. The lowest BCUT2D eigenvalue weighted by Gasteiger charge is -2.44. The van der Waals surface area contributed by atoms with Gasteiger partial charge in [-0.15, -0.1) is 0 Å². The van der Waals surface area contributed by atoms with E-state index in [2.05, 4.69) is 47.6 Å². The molecule has 1 aliphatic rings. The first kappa shape index (κ1) is 14.8. The standard InChI is InChI=1S/C16H30O/c1-7-15(3,4)12-9-10-14(17)13(11-12)16(5,6)8-2/h9-10,12-14,17H,7-8,11H2,1-6H3. The quantitative estimate of drug-likeness (QED) is 0.719. The molecule has 1 nitrogen and oxygen atoms in total. The third-order valence-electron chi connectivity index (χ3n) is 5.29. The van der Waals surface area contributed by atoms with E-state index < -0.39 is 0 Å². The lowest BCUT2D eigenvalue weighted by molar-refractivity contribution is 0.0243. The van der Waals surface area contributed by atoms with Crippen LogP contribution in [0.1, 0.15) is 60.8 Å². The highest BCUT2D eigenvalue weighted by molar-refractivity contribution is 5.08. The highest BCUT2D eigenvalue weighted by Crippen LogP contribution is 2.45. The van der Waals surface area contributed by atoms with Gasteiger partial charge in [0.2, 0.25) is 0 Å². The van der Waals surface area contributed by atoms with Crippen LogP contribution in [-0.4, -0.2) is 11.2 Å². The van der Waals surface area contributed by atoms with Gasteiger partial charge in [-0.1, -0.05) is 66.5 Å². The summed E-state index contributed by atoms with van der Waals surface area (Å²) in [6.07, 6.45) is 7.47. The number of aliphatic hydroxyl groups is 1. The van der Waals surface area contributed by atoms with Crippen molar-refractivity contribution in [1.82, 2.24) is 0 Å². The van der Waals surface area contributed by atoms with Gasteiger partial charge >= 0.3 is 0 Å². The maximum absolute atomic E-state index is 10.2. The van der Waals surface area contributed by atoms with Crippen LogP contribution in [0, 0.1) is 22.7 Å². The van der Waals surface area contributed by atoms with Gasteiger partial charge in [0.25, 0.3) is 0 Å². The highest BCUT2D eigenvalue weighted by Gasteiger charge is 2.39. The Morgan fingerprint density at radius 3 is 2.00 bits per heavy atom. The zero-order valence-corrected chi connectivity index (χ0v) is 12.5. The summed E-state index contributed by atoms with van der Waals surface area (Å²) in [5, 5.41) is 10.2. The minimum atomic E-state index is -0.256. The van der Waals surface area contributed by atoms with Crippen molar-refractivity contribution >= 4 is 0 Å². The lowest BCUT2D eigenvalue weighted by atomic mass is 9.62. The Hall–Kier alpha value is -0.300. The molecule has 1 heteroatoms. The van der Waals surface area contributed by atoms with Crippen molar-refractivity contribution in [1.29, 1.82) is 0 Å². The van der Waals surface area contributed by atoms with Crippen LogP contribution in [0.15, 0.2) is 12.2 Å². The monoisotopic (exact) mass is 238 g/mol. The van der Waals surface area contributed by atoms with E-state index in [4.69, 9.17) is 0 Å². The predicted molar refractivity (Wildman–Crippen MR) is 74.9 cm³/mol. The summed E-state index contributed by atoms with van der Waals surface area (Å²) in [6.45, 7) is 13.8. The molecule has 17 heavy (non-hydrogen) atoms. The maximum atomic E-state index is 10.2. The van der Waals surface area contributed by atoms with Crippen molar-refractivity contribution in [3.8, 4) is 0 Å². The molecule has 0 spiro atoms. The van der Waals surface area contributed by atoms with Gasteiger partial charge in [0.15, 0.2) is 0 Å². The molecule has 1 N–H and O–H groups in total. The Kier molecular flexibility index (Phi) is 4.46. The van der Waals surface area contributed by atoms with E-state index >= 15 is 0 Å². The lowest BCUT2D eigenvalue weighted by Crippen LogP contribution is -2.39. The molecule has 0 saturated heterocycles. The van der Waals surface area contributed by atoms with Crippen molar-refractivity contribution in [2.24, 2.45) is 22.7 Å². The van der Waals surface area contributed by atoms with Gasteiger partial charge < -0.3 is 5.11 Å². The third-order valence-corrected chi connectivity index (χ3v) is 5.29. The summed E-state index contributed by atoms with van der Waals surface area (Å²) in [5.74, 6) is 1.00. The number of rotatable bonds is 4. The second kappa shape index (κ2) is 5.14. The normalized spacial score (nSPS) is 30.6. The molecule has 0 bridgehead atoms. The number of hydrogen-bond donors (Lipinski definition) is 1. The average Bonchev–Trinajstić information content (AvgIpc) is 2.29. The fraction of sp³-hybridized carbons (Fsp3) is 0.875. The maximum Gasteiger partial charge on any atom is 0.0754 e. The fourth-order valence-corrected chi connectivity index (χ4v) is 2.76. The van der Waals surface area contributed by atoms with Crippen molar-refractivity contribution in [3.05, 3.63) is 12.2 Å². The Morgan fingerprint density at radius 1 is 1.00 bits per heavy atom. The molecule has 0 fully saturated rings. The molecule has 3 atom stereocenters. The first-order chi connectivity index (χ1) is 7.74. The van der Waals surface area contributed by atoms with Crippen LogP contribution in [0.4, 0.5) is 0 Å². The van der Waals surface area contributed by atoms with E-state index in [1.807, 2.05) is 6.08 Å². The second-order valence-electron chi connectivity index (χ2n) is 7.01. The summed E-state index contributed by atoms with van der Waals surface area (Å²) < 4.78 is 0. The van der Waals surface area contributed by atoms with Crippen molar-refractivity contribution < 1.29 is 5.11 Å². The zero-order valence-electron chi connectivity index (χ0n) is 12.5. The third kappa shape index (κ3) is 3.13. The molecule has 100 valence electrons. The molecular formula is C16H30O. The van der Waals surface area contributed by atoms with Crippen molar-refractivity contribution in [2.75, 3.05) is 0 Å². The molecule has 0 saturated carbocycles. The van der Waals surface area contributed by atoms with Gasteiger partial charge in [-0.2, -0.15) is 0 Å². The van der Waals surface area contributed by atoms with Crippen molar-refractivity contribution in [2.45, 2.75) is 66.9 Å². The first-order valence-corrected chi connectivity index (χ1v) is 7.11. The molecule has 0 aromatic carbocycles. The number of allylic oxidation sites excluding steroid dienone is 1. The molecule has 0 aliphatic heterocycles. The SMILES string of the molecule is CCC(C)(C)C1C=CC(O)C(C(C)(C)CC)C1.